The standard InChI is InChI=1S/C65H40N4O/c1-4-16-43(17-5-1)63-56-38-55-50-24-10-12-28-60(50)69(48-22-8-3-9-23-48)61(55)39-53(56)54-37-45(34-35-57(54)66-63)41-30-32-42(33-31-41)58-40-59(68-65(67-58)44-18-6-2-7-19-44)47-21-14-20-46(36-47)49-26-15-27-52-51-25-11-13-29-62(51)70-64(49)52/h1-40H. The largest absolute Gasteiger partial charge is 0.455 e. The summed E-state index contributed by atoms with van der Waals surface area (Å²) in [7, 11) is 0. The van der Waals surface area contributed by atoms with Crippen molar-refractivity contribution in [1.82, 2.24) is 19.5 Å². The smallest absolute Gasteiger partial charge is 0.160 e. The number of rotatable bonds is 7. The predicted octanol–water partition coefficient (Wildman–Crippen LogP) is 17.2. The minimum absolute atomic E-state index is 0.672. The number of nitrogens with zero attached hydrogens (tertiary/aromatic N) is 4. The monoisotopic (exact) mass is 892 g/mol. The van der Waals surface area contributed by atoms with Gasteiger partial charge in [-0.3, -0.25) is 0 Å². The molecule has 14 rings (SSSR count). The maximum absolute atomic E-state index is 6.46. The molecule has 70 heavy (non-hydrogen) atoms. The van der Waals surface area contributed by atoms with E-state index in [0.717, 1.165) is 116 Å². The molecule has 5 heteroatoms. The molecule has 0 atom stereocenters. The normalized spacial score (nSPS) is 11.7. The fourth-order valence-electron chi connectivity index (χ4n) is 10.4. The predicted molar refractivity (Wildman–Crippen MR) is 289 cm³/mol. The number of fused-ring (bicyclic) bond motifs is 9. The SMILES string of the molecule is c1ccc(-c2nc(-c3ccc(-c4ccc5nc(-c6ccccc6)c6cc7c8ccccc8n(-c8ccccc8)c7cc6c5c4)cc3)cc(-c3cccc(-c4cccc5c4oc4ccccc45)c3)n2)cc1. The molecule has 10 aromatic carbocycles. The molecule has 0 aliphatic heterocycles. The second-order valence-electron chi connectivity index (χ2n) is 17.9. The number of hydrogen-bond acceptors (Lipinski definition) is 4. The Bertz CT molecular complexity index is 4330. The number of pyridine rings is 1. The summed E-state index contributed by atoms with van der Waals surface area (Å²) in [4.78, 5) is 15.8. The molecule has 4 aromatic heterocycles. The third-order valence-electron chi connectivity index (χ3n) is 13.8. The van der Waals surface area contributed by atoms with Gasteiger partial charge in [-0.1, -0.05) is 182 Å². The molecule has 0 unspecified atom stereocenters. The summed E-state index contributed by atoms with van der Waals surface area (Å²) in [5.74, 6) is 0.672. The summed E-state index contributed by atoms with van der Waals surface area (Å²) >= 11 is 0. The summed E-state index contributed by atoms with van der Waals surface area (Å²) in [6, 6.07) is 85.6. The van der Waals surface area contributed by atoms with Crippen LogP contribution in [0, 0.1) is 0 Å². The van der Waals surface area contributed by atoms with Crippen molar-refractivity contribution < 1.29 is 4.42 Å². The highest BCUT2D eigenvalue weighted by atomic mass is 16.3. The summed E-state index contributed by atoms with van der Waals surface area (Å²) in [6.07, 6.45) is 0. The Morgan fingerprint density at radius 1 is 0.314 bits per heavy atom. The maximum Gasteiger partial charge on any atom is 0.160 e. The zero-order chi connectivity index (χ0) is 46.1. The molecule has 0 amide bonds. The van der Waals surface area contributed by atoms with Crippen molar-refractivity contribution in [2.24, 2.45) is 0 Å². The van der Waals surface area contributed by atoms with Crippen molar-refractivity contribution in [3.63, 3.8) is 0 Å². The number of para-hydroxylation sites is 4. The molecular weight excluding hydrogens is 853 g/mol. The van der Waals surface area contributed by atoms with Gasteiger partial charge in [0.2, 0.25) is 0 Å². The van der Waals surface area contributed by atoms with Crippen LogP contribution < -0.4 is 0 Å². The number of aromatic nitrogens is 4. The summed E-state index contributed by atoms with van der Waals surface area (Å²) < 4.78 is 8.85. The quantitative estimate of drug-likeness (QED) is 0.150. The van der Waals surface area contributed by atoms with Crippen molar-refractivity contribution in [1.29, 1.82) is 0 Å². The molecule has 0 bridgehead atoms. The van der Waals surface area contributed by atoms with Gasteiger partial charge in [0.15, 0.2) is 5.82 Å². The van der Waals surface area contributed by atoms with Crippen LogP contribution in [0.5, 0.6) is 0 Å². The molecule has 0 radical (unpaired) electrons. The van der Waals surface area contributed by atoms with Crippen LogP contribution >= 0.6 is 0 Å². The highest BCUT2D eigenvalue weighted by Gasteiger charge is 2.19. The zero-order valence-electron chi connectivity index (χ0n) is 37.8. The zero-order valence-corrected chi connectivity index (χ0v) is 37.8. The number of furan rings is 1. The van der Waals surface area contributed by atoms with Crippen LogP contribution in [0.1, 0.15) is 0 Å². The Morgan fingerprint density at radius 3 is 1.76 bits per heavy atom. The minimum atomic E-state index is 0.672. The lowest BCUT2D eigenvalue weighted by Crippen LogP contribution is -1.96. The van der Waals surface area contributed by atoms with Crippen molar-refractivity contribution in [3.05, 3.63) is 243 Å². The molecule has 0 N–H and O–H groups in total. The molecular formula is C65H40N4O. The van der Waals surface area contributed by atoms with Gasteiger partial charge < -0.3 is 8.98 Å². The molecule has 14 aromatic rings. The topological polar surface area (TPSA) is 56.7 Å². The highest BCUT2D eigenvalue weighted by molar-refractivity contribution is 6.20. The Balaban J connectivity index is 0.889. The average Bonchev–Trinajstić information content (AvgIpc) is 3.98. The van der Waals surface area contributed by atoms with Gasteiger partial charge >= 0.3 is 0 Å². The molecule has 0 spiro atoms. The van der Waals surface area contributed by atoms with E-state index in [1.54, 1.807) is 0 Å². The van der Waals surface area contributed by atoms with Crippen LogP contribution in [0.2, 0.25) is 0 Å². The van der Waals surface area contributed by atoms with E-state index < -0.39 is 0 Å². The maximum atomic E-state index is 6.46. The van der Waals surface area contributed by atoms with E-state index in [0.29, 0.717) is 5.82 Å². The first-order valence-corrected chi connectivity index (χ1v) is 23.7. The second kappa shape index (κ2) is 16.1. The van der Waals surface area contributed by atoms with Crippen molar-refractivity contribution in [2.75, 3.05) is 0 Å². The number of benzene rings is 10. The van der Waals surface area contributed by atoms with Crippen LogP contribution in [0.4, 0.5) is 0 Å². The summed E-state index contributed by atoms with van der Waals surface area (Å²) in [5.41, 5.74) is 17.2. The first-order chi connectivity index (χ1) is 34.7. The molecule has 4 heterocycles. The van der Waals surface area contributed by atoms with Gasteiger partial charge in [0.05, 0.1) is 33.6 Å². The first kappa shape index (κ1) is 39.7. The van der Waals surface area contributed by atoms with E-state index in [2.05, 4.69) is 217 Å². The van der Waals surface area contributed by atoms with Gasteiger partial charge in [0.1, 0.15) is 11.2 Å². The van der Waals surface area contributed by atoms with E-state index in [1.807, 2.05) is 30.3 Å². The molecule has 326 valence electrons. The van der Waals surface area contributed by atoms with Crippen LogP contribution in [-0.2, 0) is 0 Å². The van der Waals surface area contributed by atoms with Crippen LogP contribution in [0.25, 0.3) is 139 Å². The van der Waals surface area contributed by atoms with Crippen LogP contribution in [-0.4, -0.2) is 19.5 Å². The molecule has 0 saturated heterocycles. The van der Waals surface area contributed by atoms with Crippen molar-refractivity contribution in [2.45, 2.75) is 0 Å². The van der Waals surface area contributed by atoms with Crippen LogP contribution in [0.15, 0.2) is 247 Å². The Morgan fingerprint density at radius 2 is 0.943 bits per heavy atom. The lowest BCUT2D eigenvalue weighted by Gasteiger charge is -2.14. The van der Waals surface area contributed by atoms with E-state index in [-0.39, 0.29) is 0 Å². The average molecular weight is 893 g/mol. The summed E-state index contributed by atoms with van der Waals surface area (Å²) in [5, 5.41) is 8.03. The van der Waals surface area contributed by atoms with Crippen molar-refractivity contribution >= 4 is 65.4 Å². The Hall–Kier alpha value is -9.45. The molecule has 0 saturated carbocycles. The lowest BCUT2D eigenvalue weighted by atomic mass is 9.95. The molecule has 0 aliphatic carbocycles. The molecule has 0 fully saturated rings. The highest BCUT2D eigenvalue weighted by Crippen LogP contribution is 2.42. The fourth-order valence-corrected chi connectivity index (χ4v) is 10.4. The molecule has 5 nitrogen and oxygen atoms in total. The third kappa shape index (κ3) is 6.59. The van der Waals surface area contributed by atoms with E-state index in [1.165, 1.54) is 16.3 Å². The van der Waals surface area contributed by atoms with Gasteiger partial charge in [0, 0.05) is 65.8 Å². The van der Waals surface area contributed by atoms with Gasteiger partial charge in [-0.05, 0) is 82.7 Å². The van der Waals surface area contributed by atoms with E-state index in [4.69, 9.17) is 19.4 Å². The van der Waals surface area contributed by atoms with E-state index >= 15 is 0 Å². The van der Waals surface area contributed by atoms with Gasteiger partial charge in [-0.25, -0.2) is 15.0 Å². The summed E-state index contributed by atoms with van der Waals surface area (Å²) in [6.45, 7) is 0. The van der Waals surface area contributed by atoms with Crippen LogP contribution in [0.3, 0.4) is 0 Å². The van der Waals surface area contributed by atoms with Gasteiger partial charge in [0.25, 0.3) is 0 Å². The number of hydrogen-bond donors (Lipinski definition) is 0. The third-order valence-corrected chi connectivity index (χ3v) is 13.8. The second-order valence-corrected chi connectivity index (χ2v) is 17.9. The van der Waals surface area contributed by atoms with Gasteiger partial charge in [-0.2, -0.15) is 0 Å². The fraction of sp³-hybridized carbons (Fsp3) is 0. The van der Waals surface area contributed by atoms with Gasteiger partial charge in [-0.15, -0.1) is 0 Å². The first-order valence-electron chi connectivity index (χ1n) is 23.7. The van der Waals surface area contributed by atoms with E-state index in [9.17, 15) is 0 Å². The minimum Gasteiger partial charge on any atom is -0.455 e. The Kier molecular flexibility index (Phi) is 9.14. The molecule has 0 aliphatic rings. The van der Waals surface area contributed by atoms with Crippen molar-refractivity contribution in [3.8, 4) is 73.1 Å². The lowest BCUT2D eigenvalue weighted by molar-refractivity contribution is 0.670. The Labute approximate surface area is 403 Å².